The summed E-state index contributed by atoms with van der Waals surface area (Å²) in [4.78, 5) is 14.7. The summed E-state index contributed by atoms with van der Waals surface area (Å²) in [6.07, 6.45) is -3.11. The molecule has 3 aliphatic rings. The second-order valence-electron chi connectivity index (χ2n) is 6.47. The van der Waals surface area contributed by atoms with Crippen LogP contribution >= 0.6 is 0 Å². The Balaban J connectivity index is 1.82. The van der Waals surface area contributed by atoms with E-state index in [1.165, 1.54) is 0 Å². The lowest BCUT2D eigenvalue weighted by Gasteiger charge is -2.26. The number of cyclic esters (lactones) is 1. The smallest absolute Gasteiger partial charge is 0.338 e. The Bertz CT molecular complexity index is 530. The van der Waals surface area contributed by atoms with Gasteiger partial charge in [0.2, 0.25) is 0 Å². The number of nitrogens with zero attached hydrogens (tertiary/aromatic N) is 3. The van der Waals surface area contributed by atoms with E-state index in [9.17, 15) is 4.79 Å². The van der Waals surface area contributed by atoms with E-state index < -0.39 is 48.1 Å². The van der Waals surface area contributed by atoms with E-state index in [2.05, 4.69) is 10.0 Å². The van der Waals surface area contributed by atoms with Crippen molar-refractivity contribution in [3.63, 3.8) is 0 Å². The van der Waals surface area contributed by atoms with Gasteiger partial charge in [-0.05, 0) is 33.2 Å². The molecular formula is C13H19N3O6. The molecule has 0 aromatic rings. The molecule has 3 fully saturated rings. The number of rotatable bonds is 3. The van der Waals surface area contributed by atoms with E-state index >= 15 is 0 Å². The molecule has 3 saturated heterocycles. The summed E-state index contributed by atoms with van der Waals surface area (Å²) < 4.78 is 28.3. The van der Waals surface area contributed by atoms with Crippen LogP contribution in [0.15, 0.2) is 5.11 Å². The van der Waals surface area contributed by atoms with E-state index in [-0.39, 0.29) is 6.54 Å². The van der Waals surface area contributed by atoms with Crippen molar-refractivity contribution >= 4 is 5.97 Å². The number of fused-ring (bicyclic) bond motifs is 1. The summed E-state index contributed by atoms with van der Waals surface area (Å²) in [5.41, 5.74) is 8.50. The molecule has 22 heavy (non-hydrogen) atoms. The Morgan fingerprint density at radius 2 is 1.68 bits per heavy atom. The second kappa shape index (κ2) is 5.07. The second-order valence-corrected chi connectivity index (χ2v) is 6.47. The van der Waals surface area contributed by atoms with Gasteiger partial charge in [0.15, 0.2) is 23.8 Å². The van der Waals surface area contributed by atoms with Gasteiger partial charge in [0.1, 0.15) is 12.2 Å². The standard InChI is InChI=1S/C13H19N3O6/c1-12(2)19-6(5-15-16-14)7(20-12)8-9-10(11(17)18-8)22-13(3,4)21-9/h6-10H,5H2,1-4H3/t6-,7-,8-,9+,10+/m1/s1. The first kappa shape index (κ1) is 15.5. The molecule has 0 saturated carbocycles. The zero-order valence-electron chi connectivity index (χ0n) is 12.9. The highest BCUT2D eigenvalue weighted by molar-refractivity contribution is 5.78. The highest BCUT2D eigenvalue weighted by Crippen LogP contribution is 2.41. The number of hydrogen-bond acceptors (Lipinski definition) is 7. The van der Waals surface area contributed by atoms with E-state index in [1.54, 1.807) is 27.7 Å². The maximum atomic E-state index is 12.0. The number of esters is 1. The molecule has 0 amide bonds. The average molecular weight is 313 g/mol. The predicted octanol–water partition coefficient (Wildman–Crippen LogP) is 1.26. The molecule has 0 unspecified atom stereocenters. The van der Waals surface area contributed by atoms with Crippen LogP contribution in [0.25, 0.3) is 10.4 Å². The Morgan fingerprint density at radius 3 is 2.36 bits per heavy atom. The topological polar surface area (TPSA) is 112 Å². The monoisotopic (exact) mass is 313 g/mol. The lowest BCUT2D eigenvalue weighted by atomic mass is 10.0. The summed E-state index contributed by atoms with van der Waals surface area (Å²) in [7, 11) is 0. The van der Waals surface area contributed by atoms with Crippen molar-refractivity contribution < 1.29 is 28.5 Å². The molecule has 0 aromatic carbocycles. The number of ether oxygens (including phenoxy) is 5. The third kappa shape index (κ3) is 2.66. The van der Waals surface area contributed by atoms with Crippen molar-refractivity contribution in [2.75, 3.05) is 6.54 Å². The molecule has 3 aliphatic heterocycles. The fraction of sp³-hybridized carbons (Fsp3) is 0.923. The van der Waals surface area contributed by atoms with E-state index in [4.69, 9.17) is 29.2 Å². The number of carbonyl (C=O) groups excluding carboxylic acids is 1. The van der Waals surface area contributed by atoms with Gasteiger partial charge in [-0.15, -0.1) is 0 Å². The minimum absolute atomic E-state index is 0.0836. The van der Waals surface area contributed by atoms with Crippen LogP contribution in [0.5, 0.6) is 0 Å². The van der Waals surface area contributed by atoms with E-state index in [1.807, 2.05) is 0 Å². The Labute approximate surface area is 127 Å². The van der Waals surface area contributed by atoms with Crippen LogP contribution in [-0.2, 0) is 28.5 Å². The van der Waals surface area contributed by atoms with Gasteiger partial charge in [-0.25, -0.2) is 4.79 Å². The summed E-state index contributed by atoms with van der Waals surface area (Å²) in [6.45, 7) is 7.06. The first-order chi connectivity index (χ1) is 10.2. The lowest BCUT2D eigenvalue weighted by Crippen LogP contribution is -2.44. The Kier molecular flexibility index (Phi) is 3.58. The van der Waals surface area contributed by atoms with Crippen LogP contribution in [0.3, 0.4) is 0 Å². The first-order valence-corrected chi connectivity index (χ1v) is 7.15. The van der Waals surface area contributed by atoms with Gasteiger partial charge in [-0.1, -0.05) is 5.11 Å². The summed E-state index contributed by atoms with van der Waals surface area (Å²) in [5, 5.41) is 3.54. The molecular weight excluding hydrogens is 294 g/mol. The van der Waals surface area contributed by atoms with E-state index in [0.717, 1.165) is 0 Å². The molecule has 3 rings (SSSR count). The minimum atomic E-state index is -0.861. The van der Waals surface area contributed by atoms with Gasteiger partial charge in [0, 0.05) is 4.91 Å². The van der Waals surface area contributed by atoms with Gasteiger partial charge >= 0.3 is 5.97 Å². The third-order valence-electron chi connectivity index (χ3n) is 3.81. The van der Waals surface area contributed by atoms with Crippen LogP contribution in [0.4, 0.5) is 0 Å². The van der Waals surface area contributed by atoms with Gasteiger partial charge in [-0.2, -0.15) is 0 Å². The number of hydrogen-bond donors (Lipinski definition) is 0. The maximum absolute atomic E-state index is 12.0. The maximum Gasteiger partial charge on any atom is 0.338 e. The fourth-order valence-electron chi connectivity index (χ4n) is 3.13. The van der Waals surface area contributed by atoms with Crippen LogP contribution in [-0.4, -0.2) is 54.6 Å². The molecule has 0 radical (unpaired) electrons. The molecule has 0 aromatic heterocycles. The zero-order chi connectivity index (χ0) is 16.1. The predicted molar refractivity (Wildman–Crippen MR) is 71.5 cm³/mol. The van der Waals surface area contributed by atoms with Crippen molar-refractivity contribution in [1.82, 2.24) is 0 Å². The van der Waals surface area contributed by atoms with Crippen LogP contribution in [0.1, 0.15) is 27.7 Å². The molecule has 9 nitrogen and oxygen atoms in total. The Hall–Kier alpha value is -1.38. The van der Waals surface area contributed by atoms with Gasteiger partial charge in [0.25, 0.3) is 0 Å². The molecule has 0 N–H and O–H groups in total. The van der Waals surface area contributed by atoms with Crippen molar-refractivity contribution in [2.24, 2.45) is 5.11 Å². The highest BCUT2D eigenvalue weighted by atomic mass is 16.8. The largest absolute Gasteiger partial charge is 0.455 e. The van der Waals surface area contributed by atoms with Crippen LogP contribution < -0.4 is 0 Å². The van der Waals surface area contributed by atoms with Crippen LogP contribution in [0.2, 0.25) is 0 Å². The molecule has 0 spiro atoms. The SMILES string of the molecule is CC1(C)O[C@H]2[C@@H]([C@@H]3OC(C)(C)O[C@@H]3CN=[N+]=[N-])OC(=O)[C@H]2O1. The molecule has 122 valence electrons. The molecule has 5 atom stereocenters. The third-order valence-corrected chi connectivity index (χ3v) is 3.81. The summed E-state index contributed by atoms with van der Waals surface area (Å²) in [5.74, 6) is -2.20. The molecule has 3 heterocycles. The number of azide groups is 1. The number of carbonyl (C=O) groups is 1. The molecule has 9 heteroatoms. The van der Waals surface area contributed by atoms with E-state index in [0.29, 0.717) is 0 Å². The van der Waals surface area contributed by atoms with Crippen molar-refractivity contribution in [2.45, 2.75) is 69.8 Å². The van der Waals surface area contributed by atoms with Crippen molar-refractivity contribution in [3.05, 3.63) is 10.4 Å². The average Bonchev–Trinajstić information content (AvgIpc) is 2.98. The fourth-order valence-corrected chi connectivity index (χ4v) is 3.13. The normalized spacial score (nSPS) is 41.8. The van der Waals surface area contributed by atoms with Crippen molar-refractivity contribution in [1.29, 1.82) is 0 Å². The van der Waals surface area contributed by atoms with Crippen molar-refractivity contribution in [3.8, 4) is 0 Å². The highest BCUT2D eigenvalue weighted by Gasteiger charge is 2.61. The quantitative estimate of drug-likeness (QED) is 0.335. The summed E-state index contributed by atoms with van der Waals surface area (Å²) in [6, 6.07) is 0. The molecule has 0 bridgehead atoms. The van der Waals surface area contributed by atoms with Gasteiger partial charge < -0.3 is 23.7 Å². The van der Waals surface area contributed by atoms with Gasteiger partial charge in [0.05, 0.1) is 12.6 Å². The molecule has 0 aliphatic carbocycles. The van der Waals surface area contributed by atoms with Gasteiger partial charge in [-0.3, -0.25) is 0 Å². The summed E-state index contributed by atoms with van der Waals surface area (Å²) >= 11 is 0. The van der Waals surface area contributed by atoms with Crippen LogP contribution in [0, 0.1) is 0 Å². The zero-order valence-corrected chi connectivity index (χ0v) is 12.9. The lowest BCUT2D eigenvalue weighted by molar-refractivity contribution is -0.201. The minimum Gasteiger partial charge on any atom is -0.455 e. The Morgan fingerprint density at radius 1 is 1.05 bits per heavy atom. The first-order valence-electron chi connectivity index (χ1n) is 7.15.